The Bertz CT molecular complexity index is 1360. The number of H-pyrrole nitrogens is 1. The Morgan fingerprint density at radius 1 is 0.895 bits per heavy atom. The molecule has 1 heterocycles. The van der Waals surface area contributed by atoms with Crippen LogP contribution in [0.4, 0.5) is 10.5 Å². The fourth-order valence-electron chi connectivity index (χ4n) is 4.42. The molecule has 0 unspecified atom stereocenters. The molecule has 0 aliphatic carbocycles. The van der Waals surface area contributed by atoms with Gasteiger partial charge in [0, 0.05) is 49.5 Å². The van der Waals surface area contributed by atoms with Gasteiger partial charge in [0.25, 0.3) is 0 Å². The molecule has 2 N–H and O–H groups in total. The maximum atomic E-state index is 13.7. The minimum Gasteiger partial charge on any atom is -0.383 e. The number of aromatic nitrogens is 1. The van der Waals surface area contributed by atoms with E-state index >= 15 is 0 Å². The summed E-state index contributed by atoms with van der Waals surface area (Å²) in [5, 5.41) is 4.11. The number of ether oxygens (including phenoxy) is 1. The first-order valence-electron chi connectivity index (χ1n) is 12.9. The molecule has 0 saturated heterocycles. The van der Waals surface area contributed by atoms with E-state index in [0.29, 0.717) is 32.7 Å². The average Bonchev–Trinajstić information content (AvgIpc) is 3.34. The normalized spacial score (nSPS) is 10.9. The van der Waals surface area contributed by atoms with E-state index in [1.165, 1.54) is 10.5 Å². The summed E-state index contributed by atoms with van der Waals surface area (Å²) < 4.78 is 5.23. The minimum atomic E-state index is -0.323. The number of nitrogens with zero attached hydrogens (tertiary/aromatic N) is 2. The van der Waals surface area contributed by atoms with Crippen LogP contribution in [0.25, 0.3) is 10.9 Å². The number of rotatable bonds is 11. The van der Waals surface area contributed by atoms with E-state index < -0.39 is 0 Å². The van der Waals surface area contributed by atoms with Gasteiger partial charge in [0.15, 0.2) is 0 Å². The van der Waals surface area contributed by atoms with Crippen molar-refractivity contribution >= 4 is 28.5 Å². The summed E-state index contributed by atoms with van der Waals surface area (Å²) in [4.78, 5) is 33.6. The van der Waals surface area contributed by atoms with Crippen molar-refractivity contribution in [2.45, 2.75) is 26.8 Å². The van der Waals surface area contributed by atoms with Gasteiger partial charge in [-0.2, -0.15) is 0 Å². The lowest BCUT2D eigenvalue weighted by Crippen LogP contribution is -2.46. The van der Waals surface area contributed by atoms with Crippen LogP contribution in [-0.2, 0) is 22.5 Å². The van der Waals surface area contributed by atoms with E-state index in [-0.39, 0.29) is 18.5 Å². The SMILES string of the molecule is COCCN(CC(=O)N(CCc1c[nH]c2ccccc12)Cc1ccc(C)cc1)C(=O)Nc1ccccc1C. The Hall–Kier alpha value is -4.10. The highest BCUT2D eigenvalue weighted by Crippen LogP contribution is 2.19. The van der Waals surface area contributed by atoms with Crippen LogP contribution in [0.2, 0.25) is 0 Å². The number of hydrogen-bond donors (Lipinski definition) is 2. The quantitative estimate of drug-likeness (QED) is 0.277. The molecule has 198 valence electrons. The lowest BCUT2D eigenvalue weighted by molar-refractivity contribution is -0.132. The molecule has 0 bridgehead atoms. The number of aryl methyl sites for hydroxylation is 2. The maximum absolute atomic E-state index is 13.7. The maximum Gasteiger partial charge on any atom is 0.322 e. The Balaban J connectivity index is 1.51. The van der Waals surface area contributed by atoms with Crippen LogP contribution in [0.1, 0.15) is 22.3 Å². The summed E-state index contributed by atoms with van der Waals surface area (Å²) in [6.07, 6.45) is 2.72. The van der Waals surface area contributed by atoms with Crippen LogP contribution in [0.15, 0.2) is 79.0 Å². The number of nitrogens with one attached hydrogen (secondary N) is 2. The topological polar surface area (TPSA) is 77.7 Å². The van der Waals surface area contributed by atoms with Crippen molar-refractivity contribution in [2.75, 3.05) is 38.7 Å². The largest absolute Gasteiger partial charge is 0.383 e. The van der Waals surface area contributed by atoms with Crippen LogP contribution in [0.3, 0.4) is 0 Å². The Kier molecular flexibility index (Phi) is 9.16. The van der Waals surface area contributed by atoms with E-state index in [1.807, 2.05) is 61.3 Å². The molecule has 38 heavy (non-hydrogen) atoms. The number of urea groups is 1. The highest BCUT2D eigenvalue weighted by atomic mass is 16.5. The van der Waals surface area contributed by atoms with Crippen LogP contribution in [-0.4, -0.2) is 60.1 Å². The molecule has 0 atom stereocenters. The third kappa shape index (κ3) is 7.01. The number of fused-ring (bicyclic) bond motifs is 1. The van der Waals surface area contributed by atoms with E-state index in [1.54, 1.807) is 7.11 Å². The zero-order valence-corrected chi connectivity index (χ0v) is 22.4. The summed E-state index contributed by atoms with van der Waals surface area (Å²) in [7, 11) is 1.59. The average molecular weight is 513 g/mol. The third-order valence-electron chi connectivity index (χ3n) is 6.74. The van der Waals surface area contributed by atoms with Gasteiger partial charge in [-0.15, -0.1) is 0 Å². The van der Waals surface area contributed by atoms with Crippen molar-refractivity contribution in [3.63, 3.8) is 0 Å². The molecular formula is C31H36N4O3. The monoisotopic (exact) mass is 512 g/mol. The zero-order chi connectivity index (χ0) is 26.9. The summed E-state index contributed by atoms with van der Waals surface area (Å²) >= 11 is 0. The summed E-state index contributed by atoms with van der Waals surface area (Å²) in [5.74, 6) is -0.110. The number of anilines is 1. The lowest BCUT2D eigenvalue weighted by atomic mass is 10.1. The predicted octanol–water partition coefficient (Wildman–Crippen LogP) is 5.54. The first-order chi connectivity index (χ1) is 18.4. The van der Waals surface area contributed by atoms with Crippen LogP contribution >= 0.6 is 0 Å². The van der Waals surface area contributed by atoms with Gasteiger partial charge in [-0.3, -0.25) is 4.79 Å². The molecule has 7 heteroatoms. The number of benzene rings is 3. The fourth-order valence-corrected chi connectivity index (χ4v) is 4.42. The molecule has 3 amide bonds. The van der Waals surface area contributed by atoms with Gasteiger partial charge in [-0.25, -0.2) is 4.79 Å². The summed E-state index contributed by atoms with van der Waals surface area (Å²) in [6.45, 7) is 5.59. The van der Waals surface area contributed by atoms with Gasteiger partial charge in [-0.05, 0) is 49.1 Å². The molecule has 0 aliphatic heterocycles. The van der Waals surface area contributed by atoms with Gasteiger partial charge in [0.1, 0.15) is 6.54 Å². The van der Waals surface area contributed by atoms with Gasteiger partial charge < -0.3 is 24.8 Å². The van der Waals surface area contributed by atoms with Gasteiger partial charge in [0.2, 0.25) is 5.91 Å². The second-order valence-electron chi connectivity index (χ2n) is 9.57. The van der Waals surface area contributed by atoms with Crippen molar-refractivity contribution in [1.82, 2.24) is 14.8 Å². The molecule has 4 rings (SSSR count). The van der Waals surface area contributed by atoms with Crippen LogP contribution in [0.5, 0.6) is 0 Å². The molecule has 1 aromatic heterocycles. The number of amides is 3. The Labute approximate surface area is 224 Å². The number of carbonyl (C=O) groups is 2. The fraction of sp³-hybridized carbons (Fsp3) is 0.290. The van der Waals surface area contributed by atoms with Gasteiger partial charge in [0.05, 0.1) is 6.61 Å². The van der Waals surface area contributed by atoms with E-state index in [2.05, 4.69) is 46.7 Å². The van der Waals surface area contributed by atoms with Crippen LogP contribution < -0.4 is 5.32 Å². The summed E-state index contributed by atoms with van der Waals surface area (Å²) in [5.41, 5.74) is 6.15. The number of hydrogen-bond acceptors (Lipinski definition) is 3. The van der Waals surface area contributed by atoms with Crippen molar-refractivity contribution < 1.29 is 14.3 Å². The molecule has 0 radical (unpaired) electrons. The molecule has 7 nitrogen and oxygen atoms in total. The lowest BCUT2D eigenvalue weighted by Gasteiger charge is -2.28. The number of carbonyl (C=O) groups excluding carboxylic acids is 2. The minimum absolute atomic E-state index is 0.0409. The van der Waals surface area contributed by atoms with Crippen molar-refractivity contribution in [1.29, 1.82) is 0 Å². The Morgan fingerprint density at radius 3 is 2.39 bits per heavy atom. The van der Waals surface area contributed by atoms with Gasteiger partial charge in [-0.1, -0.05) is 66.2 Å². The molecule has 4 aromatic rings. The number of para-hydroxylation sites is 2. The molecule has 0 spiro atoms. The zero-order valence-electron chi connectivity index (χ0n) is 22.4. The van der Waals surface area contributed by atoms with E-state index in [0.717, 1.165) is 33.3 Å². The molecule has 3 aromatic carbocycles. The molecular weight excluding hydrogens is 476 g/mol. The Morgan fingerprint density at radius 2 is 1.63 bits per heavy atom. The number of methoxy groups -OCH3 is 1. The smallest absolute Gasteiger partial charge is 0.322 e. The van der Waals surface area contributed by atoms with E-state index in [9.17, 15) is 9.59 Å². The second-order valence-corrected chi connectivity index (χ2v) is 9.57. The van der Waals surface area contributed by atoms with Gasteiger partial charge >= 0.3 is 6.03 Å². The molecule has 0 saturated carbocycles. The highest BCUT2D eigenvalue weighted by Gasteiger charge is 2.22. The van der Waals surface area contributed by atoms with Crippen molar-refractivity contribution in [3.05, 3.63) is 101 Å². The van der Waals surface area contributed by atoms with Crippen molar-refractivity contribution in [3.8, 4) is 0 Å². The standard InChI is InChI=1S/C31H36N4O3/c1-23-12-14-25(15-13-23)21-34(17-16-26-20-32-29-11-7-5-9-27(26)29)30(36)22-35(18-19-38-3)31(37)33-28-10-6-4-8-24(28)2/h4-15,20,32H,16-19,21-22H2,1-3H3,(H,33,37). The van der Waals surface area contributed by atoms with E-state index in [4.69, 9.17) is 4.74 Å². The third-order valence-corrected chi connectivity index (χ3v) is 6.74. The summed E-state index contributed by atoms with van der Waals surface area (Å²) in [6, 6.07) is 23.7. The molecule has 0 aliphatic rings. The first kappa shape index (κ1) is 26.9. The van der Waals surface area contributed by atoms with Crippen LogP contribution in [0, 0.1) is 13.8 Å². The molecule has 0 fully saturated rings. The highest BCUT2D eigenvalue weighted by molar-refractivity contribution is 5.93. The van der Waals surface area contributed by atoms with Crippen molar-refractivity contribution in [2.24, 2.45) is 0 Å². The second kappa shape index (κ2) is 12.9. The predicted molar refractivity (Wildman–Crippen MR) is 152 cm³/mol. The first-order valence-corrected chi connectivity index (χ1v) is 12.9. The number of aromatic amines is 1.